The van der Waals surface area contributed by atoms with Gasteiger partial charge in [0.05, 0.1) is 18.8 Å². The molecule has 0 fully saturated rings. The lowest BCUT2D eigenvalue weighted by atomic mass is 9.90. The monoisotopic (exact) mass is 251 g/mol. The van der Waals surface area contributed by atoms with Crippen LogP contribution in [0.5, 0.6) is 5.75 Å². The summed E-state index contributed by atoms with van der Waals surface area (Å²) in [4.78, 5) is 0. The number of benzene rings is 1. The minimum absolute atomic E-state index is 0.0431. The first-order valence-corrected chi connectivity index (χ1v) is 6.68. The highest BCUT2D eigenvalue weighted by atomic mass is 16.5. The molecule has 2 atom stereocenters. The molecule has 0 saturated heterocycles. The van der Waals surface area contributed by atoms with Crippen molar-refractivity contribution in [2.75, 3.05) is 13.2 Å². The van der Waals surface area contributed by atoms with Gasteiger partial charge in [-0.05, 0) is 33.3 Å². The van der Waals surface area contributed by atoms with Crippen LogP contribution in [0.2, 0.25) is 0 Å². The van der Waals surface area contributed by atoms with E-state index in [2.05, 4.69) is 19.2 Å². The van der Waals surface area contributed by atoms with Gasteiger partial charge in [-0.15, -0.1) is 0 Å². The minimum Gasteiger partial charge on any atom is -0.494 e. The lowest BCUT2D eigenvalue weighted by molar-refractivity contribution is 0.158. The summed E-state index contributed by atoms with van der Waals surface area (Å²) in [6.07, 6.45) is 1.02. The van der Waals surface area contributed by atoms with Crippen molar-refractivity contribution in [3.8, 4) is 5.75 Å². The van der Waals surface area contributed by atoms with Gasteiger partial charge in [0.1, 0.15) is 5.75 Å². The summed E-state index contributed by atoms with van der Waals surface area (Å²) >= 11 is 0. The second kappa shape index (κ2) is 6.76. The largest absolute Gasteiger partial charge is 0.494 e. The van der Waals surface area contributed by atoms with Crippen LogP contribution in [0.4, 0.5) is 0 Å². The first-order chi connectivity index (χ1) is 8.57. The smallest absolute Gasteiger partial charge is 0.124 e. The molecule has 1 aromatic carbocycles. The predicted octanol–water partition coefficient (Wildman–Crippen LogP) is 2.68. The molecule has 3 heteroatoms. The van der Waals surface area contributed by atoms with Gasteiger partial charge in [0.15, 0.2) is 0 Å². The third-order valence-corrected chi connectivity index (χ3v) is 3.27. The van der Waals surface area contributed by atoms with Gasteiger partial charge in [-0.2, -0.15) is 0 Å². The molecule has 18 heavy (non-hydrogen) atoms. The average Bonchev–Trinajstić information content (AvgIpc) is 2.39. The summed E-state index contributed by atoms with van der Waals surface area (Å²) in [5.41, 5.74) is 0.538. The second-order valence-electron chi connectivity index (χ2n) is 4.87. The second-order valence-corrected chi connectivity index (χ2v) is 4.87. The summed E-state index contributed by atoms with van der Waals surface area (Å²) in [5, 5.41) is 13.2. The highest BCUT2D eigenvalue weighted by Gasteiger charge is 2.29. The van der Waals surface area contributed by atoms with E-state index in [0.717, 1.165) is 17.7 Å². The summed E-state index contributed by atoms with van der Waals surface area (Å²) in [7, 11) is 0. The van der Waals surface area contributed by atoms with E-state index in [-0.39, 0.29) is 6.61 Å². The van der Waals surface area contributed by atoms with Crippen molar-refractivity contribution in [1.29, 1.82) is 0 Å². The molecule has 0 aliphatic heterocycles. The van der Waals surface area contributed by atoms with Gasteiger partial charge in [0, 0.05) is 11.6 Å². The minimum atomic E-state index is -0.471. The molecule has 0 aliphatic carbocycles. The van der Waals surface area contributed by atoms with Crippen molar-refractivity contribution in [2.45, 2.75) is 45.7 Å². The van der Waals surface area contributed by atoms with Crippen LogP contribution in [0.15, 0.2) is 24.3 Å². The average molecular weight is 251 g/mol. The maximum Gasteiger partial charge on any atom is 0.124 e. The molecule has 102 valence electrons. The van der Waals surface area contributed by atoms with E-state index in [4.69, 9.17) is 4.74 Å². The molecule has 3 nitrogen and oxygen atoms in total. The molecule has 0 spiro atoms. The van der Waals surface area contributed by atoms with Crippen molar-refractivity contribution < 1.29 is 9.84 Å². The van der Waals surface area contributed by atoms with Crippen molar-refractivity contribution >= 4 is 0 Å². The van der Waals surface area contributed by atoms with E-state index in [1.807, 2.05) is 38.1 Å². The molecule has 0 radical (unpaired) electrons. The zero-order chi connectivity index (χ0) is 13.6. The molecule has 0 heterocycles. The number of rotatable bonds is 7. The van der Waals surface area contributed by atoms with Gasteiger partial charge in [0.2, 0.25) is 0 Å². The topological polar surface area (TPSA) is 41.5 Å². The molecule has 2 N–H and O–H groups in total. The Labute approximate surface area is 110 Å². The van der Waals surface area contributed by atoms with E-state index in [9.17, 15) is 5.11 Å². The van der Waals surface area contributed by atoms with Crippen LogP contribution < -0.4 is 10.1 Å². The van der Waals surface area contributed by atoms with E-state index in [0.29, 0.717) is 12.6 Å². The molecule has 1 aromatic rings. The number of nitrogens with one attached hydrogen (secondary N) is 1. The Morgan fingerprint density at radius 3 is 2.56 bits per heavy atom. The third-order valence-electron chi connectivity index (χ3n) is 3.27. The Hall–Kier alpha value is -1.06. The number of aliphatic hydroxyl groups is 1. The molecular formula is C15H25NO2. The quantitative estimate of drug-likeness (QED) is 0.783. The number of aliphatic hydroxyl groups excluding tert-OH is 1. The van der Waals surface area contributed by atoms with Crippen LogP contribution in [-0.2, 0) is 5.54 Å². The lowest BCUT2D eigenvalue weighted by Gasteiger charge is -2.33. The van der Waals surface area contributed by atoms with Crippen LogP contribution in [0.3, 0.4) is 0 Å². The Morgan fingerprint density at radius 1 is 1.33 bits per heavy atom. The van der Waals surface area contributed by atoms with Crippen LogP contribution in [-0.4, -0.2) is 24.4 Å². The third kappa shape index (κ3) is 3.47. The maximum atomic E-state index is 9.76. The van der Waals surface area contributed by atoms with Gasteiger partial charge in [-0.3, -0.25) is 0 Å². The fourth-order valence-electron chi connectivity index (χ4n) is 2.06. The molecule has 1 rings (SSSR count). The standard InChI is InChI=1S/C15H25NO2/c1-5-12(3)16-15(4,11-17)13-9-7-8-10-14(13)18-6-2/h7-10,12,16-17H,5-6,11H2,1-4H3. The number of para-hydroxylation sites is 1. The molecular weight excluding hydrogens is 226 g/mol. The normalized spacial score (nSPS) is 16.1. The van der Waals surface area contributed by atoms with E-state index < -0.39 is 5.54 Å². The van der Waals surface area contributed by atoms with Crippen LogP contribution in [0, 0.1) is 0 Å². The summed E-state index contributed by atoms with van der Waals surface area (Å²) in [6.45, 7) is 8.90. The molecule has 0 aromatic heterocycles. The fraction of sp³-hybridized carbons (Fsp3) is 0.600. The van der Waals surface area contributed by atoms with Gasteiger partial charge < -0.3 is 15.2 Å². The van der Waals surface area contributed by atoms with Crippen LogP contribution in [0.25, 0.3) is 0 Å². The zero-order valence-corrected chi connectivity index (χ0v) is 11.9. The molecule has 2 unspecified atom stereocenters. The molecule has 0 saturated carbocycles. The highest BCUT2D eigenvalue weighted by molar-refractivity contribution is 5.39. The maximum absolute atomic E-state index is 9.76. The van der Waals surface area contributed by atoms with Crippen molar-refractivity contribution in [2.24, 2.45) is 0 Å². The van der Waals surface area contributed by atoms with Crippen molar-refractivity contribution in [3.63, 3.8) is 0 Å². The van der Waals surface area contributed by atoms with Gasteiger partial charge in [0.25, 0.3) is 0 Å². The predicted molar refractivity (Wildman–Crippen MR) is 74.9 cm³/mol. The Morgan fingerprint density at radius 2 is 2.00 bits per heavy atom. The number of ether oxygens (including phenoxy) is 1. The van der Waals surface area contributed by atoms with Crippen molar-refractivity contribution in [3.05, 3.63) is 29.8 Å². The zero-order valence-electron chi connectivity index (χ0n) is 11.9. The van der Waals surface area contributed by atoms with E-state index in [1.54, 1.807) is 0 Å². The van der Waals surface area contributed by atoms with E-state index >= 15 is 0 Å². The lowest BCUT2D eigenvalue weighted by Crippen LogP contribution is -2.47. The summed E-state index contributed by atoms with van der Waals surface area (Å²) in [5.74, 6) is 0.840. The molecule has 0 bridgehead atoms. The Kier molecular flexibility index (Phi) is 5.63. The highest BCUT2D eigenvalue weighted by Crippen LogP contribution is 2.30. The Balaban J connectivity index is 3.06. The van der Waals surface area contributed by atoms with Crippen LogP contribution >= 0.6 is 0 Å². The summed E-state index contributed by atoms with van der Waals surface area (Å²) < 4.78 is 5.65. The van der Waals surface area contributed by atoms with Crippen molar-refractivity contribution in [1.82, 2.24) is 5.32 Å². The SMILES string of the molecule is CCOc1ccccc1C(C)(CO)NC(C)CC. The number of hydrogen-bond donors (Lipinski definition) is 2. The fourth-order valence-corrected chi connectivity index (χ4v) is 2.06. The number of hydrogen-bond acceptors (Lipinski definition) is 3. The van der Waals surface area contributed by atoms with Gasteiger partial charge in [-0.1, -0.05) is 25.1 Å². The molecule has 0 aliphatic rings. The first kappa shape index (κ1) is 15.0. The van der Waals surface area contributed by atoms with Crippen LogP contribution in [0.1, 0.15) is 39.7 Å². The van der Waals surface area contributed by atoms with E-state index in [1.165, 1.54) is 0 Å². The van der Waals surface area contributed by atoms with Gasteiger partial charge in [-0.25, -0.2) is 0 Å². The summed E-state index contributed by atoms with van der Waals surface area (Å²) in [6, 6.07) is 8.23. The first-order valence-electron chi connectivity index (χ1n) is 6.68. The molecule has 0 amide bonds. The van der Waals surface area contributed by atoms with Gasteiger partial charge >= 0.3 is 0 Å². The Bertz CT molecular complexity index is 367.